The number of hydrogen-bond acceptors (Lipinski definition) is 5. The number of halogens is 1. The van der Waals surface area contributed by atoms with Gasteiger partial charge in [0.1, 0.15) is 12.1 Å². The number of aromatic nitrogens is 1. The molecule has 0 radical (unpaired) electrons. The first-order valence-corrected chi connectivity index (χ1v) is 15.0. The standard InChI is InChI=1S/C33H35BrN4O5/c1-3-17-38-21-26(20-27(34)22-38)31(39)36-28-13-11-24(12-14-28)16-19-43-32(40)35-23(2)15-18-42-33(41)37-30-10-6-8-25-7-4-5-9-29(25)30/h4-14,20-23H,3,15-19H2,1-2H3,(H2-,35,36,37,39,40,41)/p+1. The molecule has 0 saturated carbocycles. The SMILES string of the molecule is CCC[n+]1cc(Br)cc(C(=O)Nc2ccc(CCOC(=O)NC(C)CCOC(=O)Nc3cccc4ccccc34)cc2)c1. The van der Waals surface area contributed by atoms with Crippen molar-refractivity contribution in [2.75, 3.05) is 23.8 Å². The lowest BCUT2D eigenvalue weighted by Gasteiger charge is -2.15. The number of alkyl carbamates (subject to hydrolysis) is 1. The zero-order valence-corrected chi connectivity index (χ0v) is 25.9. The first-order valence-electron chi connectivity index (χ1n) is 14.3. The molecule has 1 heterocycles. The van der Waals surface area contributed by atoms with Gasteiger partial charge in [0.2, 0.25) is 0 Å². The topological polar surface area (TPSA) is 110 Å². The Hall–Kier alpha value is -4.44. The van der Waals surface area contributed by atoms with Gasteiger partial charge in [-0.25, -0.2) is 14.2 Å². The van der Waals surface area contributed by atoms with Crippen molar-refractivity contribution in [3.05, 3.63) is 101 Å². The zero-order valence-electron chi connectivity index (χ0n) is 24.3. The largest absolute Gasteiger partial charge is 0.449 e. The minimum atomic E-state index is -0.551. The summed E-state index contributed by atoms with van der Waals surface area (Å²) in [6.45, 7) is 5.07. The number of hydrogen-bond donors (Lipinski definition) is 3. The number of rotatable bonds is 12. The molecule has 1 aromatic heterocycles. The molecular weight excluding hydrogens is 612 g/mol. The number of carbonyl (C=O) groups is 3. The van der Waals surface area contributed by atoms with Crippen LogP contribution >= 0.6 is 15.9 Å². The van der Waals surface area contributed by atoms with Crippen LogP contribution in [0.3, 0.4) is 0 Å². The molecular formula is C33H36BrN4O5+. The summed E-state index contributed by atoms with van der Waals surface area (Å²) in [6.07, 6.45) is 4.62. The smallest absolute Gasteiger partial charge is 0.411 e. The fraction of sp³-hybridized carbons (Fsp3) is 0.273. The van der Waals surface area contributed by atoms with Crippen LogP contribution < -0.4 is 20.5 Å². The normalized spacial score (nSPS) is 11.4. The van der Waals surface area contributed by atoms with E-state index in [0.717, 1.165) is 33.8 Å². The summed E-state index contributed by atoms with van der Waals surface area (Å²) >= 11 is 3.46. The fourth-order valence-electron chi connectivity index (χ4n) is 4.45. The van der Waals surface area contributed by atoms with Crippen molar-refractivity contribution in [3.8, 4) is 0 Å². The Morgan fingerprint density at radius 2 is 1.63 bits per heavy atom. The Kier molecular flexibility index (Phi) is 11.5. The van der Waals surface area contributed by atoms with E-state index in [4.69, 9.17) is 9.47 Å². The van der Waals surface area contributed by atoms with E-state index in [1.54, 1.807) is 6.07 Å². The minimum absolute atomic E-state index is 0.140. The number of ether oxygens (including phenoxy) is 2. The Balaban J connectivity index is 1.13. The summed E-state index contributed by atoms with van der Waals surface area (Å²) in [5.41, 5.74) is 2.89. The van der Waals surface area contributed by atoms with E-state index in [0.29, 0.717) is 29.8 Å². The number of nitrogens with one attached hydrogen (secondary N) is 3. The van der Waals surface area contributed by atoms with Gasteiger partial charge in [0.15, 0.2) is 12.4 Å². The molecule has 3 aromatic carbocycles. The predicted octanol–water partition coefficient (Wildman–Crippen LogP) is 6.85. The molecule has 4 aromatic rings. The third-order valence-corrected chi connectivity index (χ3v) is 7.08. The van der Waals surface area contributed by atoms with Gasteiger partial charge in [-0.05, 0) is 58.1 Å². The monoisotopic (exact) mass is 647 g/mol. The van der Waals surface area contributed by atoms with Crippen LogP contribution in [0.4, 0.5) is 21.0 Å². The average Bonchev–Trinajstić information content (AvgIpc) is 2.98. The first-order chi connectivity index (χ1) is 20.8. The zero-order chi connectivity index (χ0) is 30.6. The van der Waals surface area contributed by atoms with Crippen molar-refractivity contribution < 1.29 is 28.4 Å². The Bertz CT molecular complexity index is 1560. The summed E-state index contributed by atoms with van der Waals surface area (Å²) < 4.78 is 13.4. The lowest BCUT2D eigenvalue weighted by molar-refractivity contribution is -0.697. The number of benzene rings is 3. The highest BCUT2D eigenvalue weighted by atomic mass is 79.9. The van der Waals surface area contributed by atoms with Gasteiger partial charge in [0, 0.05) is 36.4 Å². The molecule has 0 saturated heterocycles. The highest BCUT2D eigenvalue weighted by molar-refractivity contribution is 9.10. The molecule has 3 N–H and O–H groups in total. The lowest BCUT2D eigenvalue weighted by Crippen LogP contribution is -2.34. The molecule has 0 spiro atoms. The first kappa shape index (κ1) is 31.5. The summed E-state index contributed by atoms with van der Waals surface area (Å²) in [6, 6.07) is 22.4. The molecule has 0 aliphatic rings. The lowest BCUT2D eigenvalue weighted by atomic mass is 10.1. The second-order valence-electron chi connectivity index (χ2n) is 10.1. The molecule has 4 rings (SSSR count). The molecule has 43 heavy (non-hydrogen) atoms. The predicted molar refractivity (Wildman–Crippen MR) is 170 cm³/mol. The van der Waals surface area contributed by atoms with E-state index < -0.39 is 12.2 Å². The average molecular weight is 649 g/mol. The van der Waals surface area contributed by atoms with E-state index in [1.165, 1.54) is 0 Å². The third-order valence-electron chi connectivity index (χ3n) is 6.64. The molecule has 0 aliphatic carbocycles. The number of aryl methyl sites for hydroxylation is 1. The summed E-state index contributed by atoms with van der Waals surface area (Å²) in [5, 5.41) is 10.4. The summed E-state index contributed by atoms with van der Waals surface area (Å²) in [4.78, 5) is 37.2. The van der Waals surface area contributed by atoms with Gasteiger partial charge in [0.25, 0.3) is 5.91 Å². The fourth-order valence-corrected chi connectivity index (χ4v) is 4.96. The number of carbonyl (C=O) groups excluding carboxylic acids is 3. The maximum absolute atomic E-state index is 12.7. The van der Waals surface area contributed by atoms with Crippen molar-refractivity contribution in [2.45, 2.75) is 45.7 Å². The quantitative estimate of drug-likeness (QED) is 0.146. The number of fused-ring (bicyclic) bond motifs is 1. The van der Waals surface area contributed by atoms with Crippen molar-refractivity contribution in [1.82, 2.24) is 5.32 Å². The van der Waals surface area contributed by atoms with E-state index in [-0.39, 0.29) is 25.2 Å². The van der Waals surface area contributed by atoms with Gasteiger partial charge < -0.3 is 20.1 Å². The van der Waals surface area contributed by atoms with E-state index in [1.807, 2.05) is 90.6 Å². The molecule has 1 atom stereocenters. The minimum Gasteiger partial charge on any atom is -0.449 e. The molecule has 224 valence electrons. The van der Waals surface area contributed by atoms with Gasteiger partial charge in [-0.1, -0.05) is 55.5 Å². The maximum atomic E-state index is 12.7. The number of nitrogens with zero attached hydrogens (tertiary/aromatic N) is 1. The van der Waals surface area contributed by atoms with Crippen LogP contribution in [0.15, 0.2) is 89.7 Å². The third kappa shape index (κ3) is 9.82. The van der Waals surface area contributed by atoms with Gasteiger partial charge in [-0.15, -0.1) is 0 Å². The van der Waals surface area contributed by atoms with E-state index in [2.05, 4.69) is 38.8 Å². The summed E-state index contributed by atoms with van der Waals surface area (Å²) in [7, 11) is 0. The van der Waals surface area contributed by atoms with Crippen LogP contribution in [0.5, 0.6) is 0 Å². The second-order valence-corrected chi connectivity index (χ2v) is 11.1. The number of amides is 3. The van der Waals surface area contributed by atoms with Crippen molar-refractivity contribution in [3.63, 3.8) is 0 Å². The van der Waals surface area contributed by atoms with Crippen molar-refractivity contribution in [1.29, 1.82) is 0 Å². The van der Waals surface area contributed by atoms with Crippen LogP contribution in [-0.4, -0.2) is 37.3 Å². The van der Waals surface area contributed by atoms with Crippen molar-refractivity contribution >= 4 is 56.2 Å². The Morgan fingerprint density at radius 3 is 2.42 bits per heavy atom. The van der Waals surface area contributed by atoms with Crippen molar-refractivity contribution in [2.24, 2.45) is 0 Å². The van der Waals surface area contributed by atoms with Crippen LogP contribution in [0, 0.1) is 0 Å². The Morgan fingerprint density at radius 1 is 0.884 bits per heavy atom. The molecule has 9 nitrogen and oxygen atoms in total. The Labute approximate surface area is 259 Å². The van der Waals surface area contributed by atoms with Crippen LogP contribution in [0.1, 0.15) is 42.6 Å². The van der Waals surface area contributed by atoms with Crippen LogP contribution in [0.2, 0.25) is 0 Å². The van der Waals surface area contributed by atoms with E-state index >= 15 is 0 Å². The van der Waals surface area contributed by atoms with Gasteiger partial charge in [0.05, 0.1) is 23.4 Å². The van der Waals surface area contributed by atoms with Crippen LogP contribution in [-0.2, 0) is 22.4 Å². The van der Waals surface area contributed by atoms with Crippen LogP contribution in [0.25, 0.3) is 10.8 Å². The molecule has 10 heteroatoms. The maximum Gasteiger partial charge on any atom is 0.411 e. The second kappa shape index (κ2) is 15.7. The van der Waals surface area contributed by atoms with E-state index in [9.17, 15) is 14.4 Å². The molecule has 0 aliphatic heterocycles. The number of pyridine rings is 1. The molecule has 1 unspecified atom stereocenters. The van der Waals surface area contributed by atoms with Gasteiger partial charge in [-0.2, -0.15) is 0 Å². The molecule has 0 bridgehead atoms. The highest BCUT2D eigenvalue weighted by Crippen LogP contribution is 2.23. The summed E-state index contributed by atoms with van der Waals surface area (Å²) in [5.74, 6) is -0.191. The molecule has 3 amide bonds. The molecule has 0 fully saturated rings. The highest BCUT2D eigenvalue weighted by Gasteiger charge is 2.14. The van der Waals surface area contributed by atoms with Gasteiger partial charge >= 0.3 is 12.2 Å². The number of anilines is 2. The van der Waals surface area contributed by atoms with Gasteiger partial charge in [-0.3, -0.25) is 10.1 Å².